The van der Waals surface area contributed by atoms with Crippen molar-refractivity contribution in [3.8, 4) is 11.5 Å². The van der Waals surface area contributed by atoms with Gasteiger partial charge in [-0.25, -0.2) is 0 Å². The molecule has 0 radical (unpaired) electrons. The van der Waals surface area contributed by atoms with Gasteiger partial charge in [0.05, 0.1) is 13.0 Å². The van der Waals surface area contributed by atoms with Crippen molar-refractivity contribution in [3.05, 3.63) is 60.2 Å². The molecule has 0 atom stereocenters. The monoisotopic (exact) mass is 450 g/mol. The van der Waals surface area contributed by atoms with Crippen LogP contribution in [0.15, 0.2) is 54.6 Å². The second-order valence-corrected chi connectivity index (χ2v) is 8.67. The number of carbonyl (C=O) groups is 2. The average Bonchev–Trinajstić information content (AvgIpc) is 2.86. The van der Waals surface area contributed by atoms with Gasteiger partial charge in [0.2, 0.25) is 11.8 Å². The van der Waals surface area contributed by atoms with E-state index in [1.54, 1.807) is 0 Å². The van der Waals surface area contributed by atoms with Crippen LogP contribution in [0.4, 0.5) is 0 Å². The lowest BCUT2D eigenvalue weighted by Gasteiger charge is -2.37. The summed E-state index contributed by atoms with van der Waals surface area (Å²) in [6.07, 6.45) is 0.309. The summed E-state index contributed by atoms with van der Waals surface area (Å²) in [6, 6.07) is 17.3. The number of nitrogens with zero attached hydrogens (tertiary/aromatic N) is 4. The number of hydrogen-bond acceptors (Lipinski definition) is 5. The number of ether oxygens (including phenoxy) is 1. The first-order valence-corrected chi connectivity index (χ1v) is 11.9. The minimum absolute atomic E-state index is 0.0979. The molecule has 2 aliphatic rings. The maximum absolute atomic E-state index is 13.0. The van der Waals surface area contributed by atoms with Gasteiger partial charge in [-0.1, -0.05) is 43.3 Å². The molecular formula is C26H34N4O3. The van der Waals surface area contributed by atoms with Crippen molar-refractivity contribution in [2.75, 3.05) is 65.4 Å². The fourth-order valence-electron chi connectivity index (χ4n) is 4.40. The van der Waals surface area contributed by atoms with E-state index in [9.17, 15) is 9.59 Å². The highest BCUT2D eigenvalue weighted by molar-refractivity contribution is 5.80. The Balaban J connectivity index is 1.25. The van der Waals surface area contributed by atoms with E-state index in [1.807, 2.05) is 64.4 Å². The van der Waals surface area contributed by atoms with Crippen molar-refractivity contribution < 1.29 is 14.3 Å². The van der Waals surface area contributed by atoms with Gasteiger partial charge in [-0.15, -0.1) is 0 Å². The Hall–Kier alpha value is -2.90. The van der Waals surface area contributed by atoms with Crippen molar-refractivity contribution in [1.29, 1.82) is 0 Å². The minimum atomic E-state index is 0.0979. The molecule has 7 heteroatoms. The third-order valence-electron chi connectivity index (χ3n) is 6.54. The van der Waals surface area contributed by atoms with E-state index in [1.165, 1.54) is 0 Å². The maximum atomic E-state index is 13.0. The molecule has 0 saturated carbocycles. The van der Waals surface area contributed by atoms with Crippen LogP contribution in [0.5, 0.6) is 11.5 Å². The fraction of sp³-hybridized carbons (Fsp3) is 0.462. The molecule has 0 spiro atoms. The molecule has 2 aromatic rings. The number of para-hydroxylation sites is 2. The maximum Gasteiger partial charge on any atom is 0.236 e. The van der Waals surface area contributed by atoms with Crippen LogP contribution in [0.1, 0.15) is 12.5 Å². The SMILES string of the molecule is CCN1CCN(C(=O)CN2CCN(C(=O)Cc3ccccc3Oc3ccccc3)CC2)CC1. The molecule has 2 heterocycles. The molecule has 2 aromatic carbocycles. The molecule has 176 valence electrons. The number of piperazine rings is 2. The van der Waals surface area contributed by atoms with Crippen molar-refractivity contribution in [1.82, 2.24) is 19.6 Å². The number of rotatable bonds is 7. The van der Waals surface area contributed by atoms with E-state index in [0.29, 0.717) is 31.8 Å². The highest BCUT2D eigenvalue weighted by Gasteiger charge is 2.26. The molecule has 2 aliphatic heterocycles. The van der Waals surface area contributed by atoms with E-state index in [2.05, 4.69) is 16.7 Å². The number of amides is 2. The molecule has 2 fully saturated rings. The van der Waals surface area contributed by atoms with E-state index < -0.39 is 0 Å². The zero-order chi connectivity index (χ0) is 23.0. The first-order chi connectivity index (χ1) is 16.1. The topological polar surface area (TPSA) is 56.3 Å². The Bertz CT molecular complexity index is 920. The van der Waals surface area contributed by atoms with Gasteiger partial charge in [-0.2, -0.15) is 0 Å². The lowest BCUT2D eigenvalue weighted by Crippen LogP contribution is -2.54. The van der Waals surface area contributed by atoms with Crippen LogP contribution < -0.4 is 4.74 Å². The Morgan fingerprint density at radius 3 is 1.97 bits per heavy atom. The van der Waals surface area contributed by atoms with E-state index in [-0.39, 0.29) is 11.8 Å². The normalized spacial score (nSPS) is 17.7. The van der Waals surface area contributed by atoms with Crippen LogP contribution in [-0.2, 0) is 16.0 Å². The minimum Gasteiger partial charge on any atom is -0.457 e. The Morgan fingerprint density at radius 2 is 1.30 bits per heavy atom. The first-order valence-electron chi connectivity index (χ1n) is 11.9. The molecule has 0 aromatic heterocycles. The molecule has 4 rings (SSSR count). The highest BCUT2D eigenvalue weighted by atomic mass is 16.5. The lowest BCUT2D eigenvalue weighted by molar-refractivity contribution is -0.136. The van der Waals surface area contributed by atoms with Crippen molar-refractivity contribution >= 4 is 11.8 Å². The number of benzene rings is 2. The lowest BCUT2D eigenvalue weighted by atomic mass is 10.1. The molecule has 2 saturated heterocycles. The molecular weight excluding hydrogens is 416 g/mol. The molecule has 0 unspecified atom stereocenters. The van der Waals surface area contributed by atoms with Crippen LogP contribution in [0.25, 0.3) is 0 Å². The van der Waals surface area contributed by atoms with Crippen LogP contribution in [0.3, 0.4) is 0 Å². The molecule has 33 heavy (non-hydrogen) atoms. The zero-order valence-corrected chi connectivity index (χ0v) is 19.5. The largest absolute Gasteiger partial charge is 0.457 e. The Morgan fingerprint density at radius 1 is 0.727 bits per heavy atom. The van der Waals surface area contributed by atoms with Gasteiger partial charge in [0.1, 0.15) is 11.5 Å². The summed E-state index contributed by atoms with van der Waals surface area (Å²) in [5.41, 5.74) is 0.884. The smallest absolute Gasteiger partial charge is 0.236 e. The summed E-state index contributed by atoms with van der Waals surface area (Å²) in [7, 11) is 0. The standard InChI is InChI=1S/C26H34N4O3/c1-2-27-12-16-30(17-13-27)26(32)21-28-14-18-29(19-15-28)25(31)20-22-8-6-7-11-24(22)33-23-9-4-3-5-10-23/h3-11H,2,12-21H2,1H3. The van der Waals surface area contributed by atoms with Gasteiger partial charge in [-0.05, 0) is 24.7 Å². The highest BCUT2D eigenvalue weighted by Crippen LogP contribution is 2.26. The van der Waals surface area contributed by atoms with Crippen molar-refractivity contribution in [2.24, 2.45) is 0 Å². The summed E-state index contributed by atoms with van der Waals surface area (Å²) in [4.78, 5) is 34.1. The first kappa shape index (κ1) is 23.3. The van der Waals surface area contributed by atoms with Gasteiger partial charge >= 0.3 is 0 Å². The van der Waals surface area contributed by atoms with Gasteiger partial charge < -0.3 is 19.4 Å². The molecule has 7 nitrogen and oxygen atoms in total. The third-order valence-corrected chi connectivity index (χ3v) is 6.54. The van der Waals surface area contributed by atoms with Gasteiger partial charge in [0.15, 0.2) is 0 Å². The second kappa shape index (κ2) is 11.3. The summed E-state index contributed by atoms with van der Waals surface area (Å²) < 4.78 is 6.01. The summed E-state index contributed by atoms with van der Waals surface area (Å²) in [5, 5.41) is 0. The molecule has 0 bridgehead atoms. The quantitative estimate of drug-likeness (QED) is 0.648. The predicted octanol–water partition coefficient (Wildman–Crippen LogP) is 2.33. The summed E-state index contributed by atoms with van der Waals surface area (Å²) >= 11 is 0. The second-order valence-electron chi connectivity index (χ2n) is 8.67. The third kappa shape index (κ3) is 6.33. The van der Waals surface area contributed by atoms with Crippen LogP contribution in [-0.4, -0.2) is 96.9 Å². The average molecular weight is 451 g/mol. The van der Waals surface area contributed by atoms with Gasteiger partial charge in [0, 0.05) is 57.9 Å². The van der Waals surface area contributed by atoms with Gasteiger partial charge in [-0.3, -0.25) is 14.5 Å². The number of hydrogen-bond donors (Lipinski definition) is 0. The fourth-order valence-corrected chi connectivity index (χ4v) is 4.40. The van der Waals surface area contributed by atoms with Crippen molar-refractivity contribution in [2.45, 2.75) is 13.3 Å². The van der Waals surface area contributed by atoms with E-state index >= 15 is 0 Å². The van der Waals surface area contributed by atoms with Crippen LogP contribution in [0, 0.1) is 0 Å². The summed E-state index contributed by atoms with van der Waals surface area (Å²) in [5.74, 6) is 1.77. The van der Waals surface area contributed by atoms with Gasteiger partial charge in [0.25, 0.3) is 0 Å². The van der Waals surface area contributed by atoms with E-state index in [4.69, 9.17) is 4.74 Å². The van der Waals surface area contributed by atoms with E-state index in [0.717, 1.165) is 57.1 Å². The number of carbonyl (C=O) groups excluding carboxylic acids is 2. The molecule has 2 amide bonds. The molecule has 0 aliphatic carbocycles. The number of likely N-dealkylation sites (N-methyl/N-ethyl adjacent to an activating group) is 1. The molecule has 0 N–H and O–H groups in total. The summed E-state index contributed by atoms with van der Waals surface area (Å²) in [6.45, 7) is 9.96. The Kier molecular flexibility index (Phi) is 7.96. The predicted molar refractivity (Wildman–Crippen MR) is 128 cm³/mol. The zero-order valence-electron chi connectivity index (χ0n) is 19.5. The van der Waals surface area contributed by atoms with Crippen molar-refractivity contribution in [3.63, 3.8) is 0 Å². The Labute approximate surface area is 196 Å². The van der Waals surface area contributed by atoms with Crippen LogP contribution in [0.2, 0.25) is 0 Å². The van der Waals surface area contributed by atoms with Crippen LogP contribution >= 0.6 is 0 Å².